The van der Waals surface area contributed by atoms with Gasteiger partial charge in [-0.2, -0.15) is 0 Å². The molecule has 1 aliphatic rings. The highest BCUT2D eigenvalue weighted by Crippen LogP contribution is 2.44. The number of nitrogens with one attached hydrogen (secondary N) is 1. The zero-order valence-corrected chi connectivity index (χ0v) is 22.1. The van der Waals surface area contributed by atoms with Crippen molar-refractivity contribution in [1.82, 2.24) is 4.98 Å². The largest absolute Gasteiger partial charge is 0.365 e. The van der Waals surface area contributed by atoms with Gasteiger partial charge in [-0.25, -0.2) is 9.37 Å². The lowest BCUT2D eigenvalue weighted by Gasteiger charge is -2.38. The van der Waals surface area contributed by atoms with E-state index in [-0.39, 0.29) is 11.7 Å². The summed E-state index contributed by atoms with van der Waals surface area (Å²) in [6.07, 6.45) is 2.29. The van der Waals surface area contributed by atoms with E-state index < -0.39 is 11.8 Å². The first-order valence-electron chi connectivity index (χ1n) is 13.6. The highest BCUT2D eigenvalue weighted by molar-refractivity contribution is 5.61. The van der Waals surface area contributed by atoms with Crippen LogP contribution in [0.4, 0.5) is 10.1 Å². The zero-order valence-electron chi connectivity index (χ0n) is 22.1. The summed E-state index contributed by atoms with van der Waals surface area (Å²) in [7, 11) is 0. The Labute approximate surface area is 224 Å². The smallest absolute Gasteiger partial charge is 0.201 e. The standard InChI is InChI=1S/C33H35FN2O2/c1-3-37-32(38-4-2)29-23-28(30(34)31(35-29)24-15-14-16-24)36-33(25-17-8-5-9-18-25,26-19-10-6-11-20-26)27-21-12-7-13-22-27/h5-13,17-24,32H,3-4,14-16H2,1-2H3,(H,35,36). The summed E-state index contributed by atoms with van der Waals surface area (Å²) in [6, 6.07) is 32.4. The van der Waals surface area contributed by atoms with Crippen LogP contribution in [-0.4, -0.2) is 18.2 Å². The number of anilines is 1. The maximum atomic E-state index is 16.4. The van der Waals surface area contributed by atoms with Crippen molar-refractivity contribution in [3.8, 4) is 0 Å². The number of hydrogen-bond donors (Lipinski definition) is 1. The van der Waals surface area contributed by atoms with Crippen molar-refractivity contribution < 1.29 is 13.9 Å². The SMILES string of the molecule is CCOC(OCC)c1cc(NC(c2ccccc2)(c2ccccc2)c2ccccc2)c(F)c(C2CCC2)n1. The second kappa shape index (κ2) is 11.9. The third kappa shape index (κ3) is 5.09. The topological polar surface area (TPSA) is 43.4 Å². The zero-order chi connectivity index (χ0) is 26.4. The van der Waals surface area contributed by atoms with Crippen molar-refractivity contribution in [2.75, 3.05) is 18.5 Å². The third-order valence-electron chi connectivity index (χ3n) is 7.32. The average molecular weight is 511 g/mol. The fraction of sp³-hybridized carbons (Fsp3) is 0.303. The van der Waals surface area contributed by atoms with E-state index in [1.54, 1.807) is 6.07 Å². The lowest BCUT2D eigenvalue weighted by atomic mass is 9.76. The Morgan fingerprint density at radius 1 is 0.816 bits per heavy atom. The van der Waals surface area contributed by atoms with E-state index in [0.29, 0.717) is 30.3 Å². The third-order valence-corrected chi connectivity index (χ3v) is 7.32. The summed E-state index contributed by atoms with van der Waals surface area (Å²) >= 11 is 0. The van der Waals surface area contributed by atoms with Crippen molar-refractivity contribution in [1.29, 1.82) is 0 Å². The molecule has 5 rings (SSSR count). The molecule has 1 aromatic heterocycles. The van der Waals surface area contributed by atoms with Crippen molar-refractivity contribution in [3.05, 3.63) is 131 Å². The molecule has 3 aromatic carbocycles. The van der Waals surface area contributed by atoms with Crippen molar-refractivity contribution in [2.45, 2.75) is 50.9 Å². The molecule has 0 spiro atoms. The van der Waals surface area contributed by atoms with Crippen LogP contribution in [0, 0.1) is 5.82 Å². The lowest BCUT2D eigenvalue weighted by molar-refractivity contribution is -0.142. The van der Waals surface area contributed by atoms with E-state index in [0.717, 1.165) is 36.0 Å². The molecule has 0 amide bonds. The van der Waals surface area contributed by atoms with Gasteiger partial charge in [0.15, 0.2) is 5.82 Å². The normalized spacial score (nSPS) is 13.9. The average Bonchev–Trinajstić information content (AvgIpc) is 2.94. The number of rotatable bonds is 11. The summed E-state index contributed by atoms with van der Waals surface area (Å²) in [6.45, 7) is 4.78. The van der Waals surface area contributed by atoms with Gasteiger partial charge >= 0.3 is 0 Å². The number of halogens is 1. The molecule has 0 bridgehead atoms. The van der Waals surface area contributed by atoms with Gasteiger partial charge in [-0.3, -0.25) is 0 Å². The highest BCUT2D eigenvalue weighted by atomic mass is 19.1. The fourth-order valence-corrected chi connectivity index (χ4v) is 5.24. The molecule has 4 nitrogen and oxygen atoms in total. The van der Waals surface area contributed by atoms with Crippen LogP contribution < -0.4 is 5.32 Å². The molecular formula is C33H35FN2O2. The van der Waals surface area contributed by atoms with E-state index in [9.17, 15) is 0 Å². The first-order chi connectivity index (χ1) is 18.7. The summed E-state index contributed by atoms with van der Waals surface area (Å²) in [5, 5.41) is 3.71. The first-order valence-corrected chi connectivity index (χ1v) is 13.6. The molecule has 1 fully saturated rings. The second-order valence-electron chi connectivity index (χ2n) is 9.64. The van der Waals surface area contributed by atoms with Gasteiger partial charge < -0.3 is 14.8 Å². The number of benzene rings is 3. The molecule has 196 valence electrons. The predicted molar refractivity (Wildman–Crippen MR) is 150 cm³/mol. The monoisotopic (exact) mass is 510 g/mol. The molecule has 0 saturated heterocycles. The van der Waals surface area contributed by atoms with Crippen molar-refractivity contribution >= 4 is 5.69 Å². The van der Waals surface area contributed by atoms with Gasteiger partial charge in [0.25, 0.3) is 0 Å². The molecule has 1 saturated carbocycles. The van der Waals surface area contributed by atoms with Crippen LogP contribution in [0.25, 0.3) is 0 Å². The Bertz CT molecular complexity index is 1210. The van der Waals surface area contributed by atoms with Gasteiger partial charge in [0, 0.05) is 19.1 Å². The Morgan fingerprint density at radius 2 is 1.29 bits per heavy atom. The summed E-state index contributed by atoms with van der Waals surface area (Å²) in [5.41, 5.74) is 3.63. The quantitative estimate of drug-likeness (QED) is 0.164. The molecule has 5 heteroatoms. The molecule has 4 aromatic rings. The van der Waals surface area contributed by atoms with Crippen LogP contribution in [0.5, 0.6) is 0 Å². The van der Waals surface area contributed by atoms with Gasteiger partial charge in [-0.05, 0) is 49.4 Å². The molecule has 1 heterocycles. The number of hydrogen-bond acceptors (Lipinski definition) is 4. The maximum Gasteiger partial charge on any atom is 0.201 e. The Morgan fingerprint density at radius 3 is 1.68 bits per heavy atom. The van der Waals surface area contributed by atoms with Crippen LogP contribution in [0.2, 0.25) is 0 Å². The van der Waals surface area contributed by atoms with Crippen LogP contribution in [0.1, 0.15) is 73.4 Å². The second-order valence-corrected chi connectivity index (χ2v) is 9.64. The van der Waals surface area contributed by atoms with Gasteiger partial charge in [0.05, 0.1) is 17.1 Å². The Balaban J connectivity index is 1.74. The molecule has 0 atom stereocenters. The summed E-state index contributed by atoms with van der Waals surface area (Å²) in [5.74, 6) is -0.212. The highest BCUT2D eigenvalue weighted by Gasteiger charge is 2.38. The minimum Gasteiger partial charge on any atom is -0.365 e. The van der Waals surface area contributed by atoms with Gasteiger partial charge in [-0.1, -0.05) is 97.4 Å². The molecular weight excluding hydrogens is 475 g/mol. The molecule has 1 N–H and O–H groups in total. The summed E-state index contributed by atoms with van der Waals surface area (Å²) < 4.78 is 28.2. The van der Waals surface area contributed by atoms with E-state index in [1.165, 1.54) is 0 Å². The number of nitrogens with zero attached hydrogens (tertiary/aromatic N) is 1. The molecule has 0 aliphatic heterocycles. The van der Waals surface area contributed by atoms with E-state index in [2.05, 4.69) is 41.7 Å². The van der Waals surface area contributed by atoms with Crippen LogP contribution in [-0.2, 0) is 15.0 Å². The van der Waals surface area contributed by atoms with Crippen molar-refractivity contribution in [2.24, 2.45) is 0 Å². The first kappa shape index (κ1) is 26.1. The minimum atomic E-state index is -0.854. The van der Waals surface area contributed by atoms with Gasteiger partial charge in [0.1, 0.15) is 5.54 Å². The number of ether oxygens (including phenoxy) is 2. The van der Waals surface area contributed by atoms with Crippen LogP contribution >= 0.6 is 0 Å². The van der Waals surface area contributed by atoms with E-state index >= 15 is 4.39 Å². The Kier molecular flexibility index (Phi) is 8.16. The van der Waals surface area contributed by atoms with Gasteiger partial charge in [-0.15, -0.1) is 0 Å². The van der Waals surface area contributed by atoms with Gasteiger partial charge in [0.2, 0.25) is 6.29 Å². The summed E-state index contributed by atoms with van der Waals surface area (Å²) in [4.78, 5) is 4.78. The van der Waals surface area contributed by atoms with E-state index in [1.807, 2.05) is 68.4 Å². The number of aromatic nitrogens is 1. The van der Waals surface area contributed by atoms with E-state index in [4.69, 9.17) is 14.5 Å². The van der Waals surface area contributed by atoms with Crippen LogP contribution in [0.3, 0.4) is 0 Å². The molecule has 0 radical (unpaired) electrons. The molecule has 38 heavy (non-hydrogen) atoms. The maximum absolute atomic E-state index is 16.4. The fourth-order valence-electron chi connectivity index (χ4n) is 5.24. The number of pyridine rings is 1. The lowest BCUT2D eigenvalue weighted by Crippen LogP contribution is -2.38. The van der Waals surface area contributed by atoms with Crippen molar-refractivity contribution in [3.63, 3.8) is 0 Å². The Hall–Kier alpha value is -3.54. The predicted octanol–water partition coefficient (Wildman–Crippen LogP) is 7.96. The minimum absolute atomic E-state index is 0.0963. The molecule has 1 aliphatic carbocycles. The van der Waals surface area contributed by atoms with Crippen LogP contribution in [0.15, 0.2) is 97.1 Å². The molecule has 0 unspecified atom stereocenters.